The molecule has 2 aliphatic heterocycles. The highest BCUT2D eigenvalue weighted by Crippen LogP contribution is 2.27. The van der Waals surface area contributed by atoms with Crippen LogP contribution in [0.15, 0.2) is 42.7 Å². The normalized spacial score (nSPS) is 18.9. The van der Waals surface area contributed by atoms with E-state index in [-0.39, 0.29) is 17.6 Å². The topological polar surface area (TPSA) is 41.4 Å². The van der Waals surface area contributed by atoms with E-state index < -0.39 is 0 Å². The molecule has 28 heavy (non-hydrogen) atoms. The highest BCUT2D eigenvalue weighted by atomic mass is 19.1. The van der Waals surface area contributed by atoms with E-state index in [0.717, 1.165) is 43.9 Å². The molecule has 6 heteroatoms. The van der Waals surface area contributed by atoms with Crippen LogP contribution in [0.2, 0.25) is 0 Å². The van der Waals surface area contributed by atoms with E-state index in [9.17, 15) is 9.18 Å². The molecule has 0 spiro atoms. The number of likely N-dealkylation sites (tertiary alicyclic amines) is 1. The van der Waals surface area contributed by atoms with Crippen molar-refractivity contribution in [1.82, 2.24) is 19.4 Å². The predicted octanol–water partition coefficient (Wildman–Crippen LogP) is 3.09. The minimum Gasteiger partial charge on any atom is -0.338 e. The third kappa shape index (κ3) is 4.02. The number of piperidine rings is 1. The van der Waals surface area contributed by atoms with Crippen LogP contribution < -0.4 is 0 Å². The molecule has 0 unspecified atom stereocenters. The van der Waals surface area contributed by atoms with Gasteiger partial charge in [-0.25, -0.2) is 9.37 Å². The van der Waals surface area contributed by atoms with E-state index >= 15 is 0 Å². The second-order valence-electron chi connectivity index (χ2n) is 7.75. The molecule has 1 saturated heterocycles. The van der Waals surface area contributed by atoms with Crippen LogP contribution in [0.5, 0.6) is 0 Å². The Kier molecular flexibility index (Phi) is 5.57. The van der Waals surface area contributed by atoms with Gasteiger partial charge in [0.05, 0.1) is 6.54 Å². The van der Waals surface area contributed by atoms with Crippen LogP contribution in [0.25, 0.3) is 5.57 Å². The Labute approximate surface area is 165 Å². The molecule has 3 heterocycles. The van der Waals surface area contributed by atoms with Crippen molar-refractivity contribution in [2.24, 2.45) is 13.0 Å². The number of nitrogens with zero attached hydrogens (tertiary/aromatic N) is 4. The molecule has 0 radical (unpaired) electrons. The summed E-state index contributed by atoms with van der Waals surface area (Å²) >= 11 is 0. The van der Waals surface area contributed by atoms with Crippen LogP contribution in [0.1, 0.15) is 30.7 Å². The third-order valence-corrected chi connectivity index (χ3v) is 5.96. The van der Waals surface area contributed by atoms with Crippen LogP contribution >= 0.6 is 0 Å². The Bertz CT molecular complexity index is 867. The van der Waals surface area contributed by atoms with Crippen molar-refractivity contribution >= 4 is 11.5 Å². The van der Waals surface area contributed by atoms with Crippen molar-refractivity contribution in [3.63, 3.8) is 0 Å². The molecule has 0 atom stereocenters. The Balaban J connectivity index is 1.30. The molecule has 1 fully saturated rings. The smallest absolute Gasteiger partial charge is 0.226 e. The summed E-state index contributed by atoms with van der Waals surface area (Å²) in [6.45, 7) is 3.94. The van der Waals surface area contributed by atoms with Gasteiger partial charge in [0.25, 0.3) is 0 Å². The Morgan fingerprint density at radius 2 is 2.00 bits per heavy atom. The minimum absolute atomic E-state index is 0.0982. The lowest BCUT2D eigenvalue weighted by Crippen LogP contribution is -2.43. The van der Waals surface area contributed by atoms with Crippen LogP contribution in [0, 0.1) is 11.7 Å². The molecular formula is C22H27FN4O. The van der Waals surface area contributed by atoms with Gasteiger partial charge >= 0.3 is 0 Å². The average molecular weight is 382 g/mol. The van der Waals surface area contributed by atoms with Gasteiger partial charge in [-0.3, -0.25) is 9.69 Å². The van der Waals surface area contributed by atoms with Crippen molar-refractivity contribution in [3.8, 4) is 0 Å². The van der Waals surface area contributed by atoms with E-state index in [2.05, 4.69) is 9.88 Å². The van der Waals surface area contributed by atoms with Crippen LogP contribution in [-0.2, 0) is 18.4 Å². The summed E-state index contributed by atoms with van der Waals surface area (Å²) in [5, 5.41) is 0. The number of benzene rings is 1. The predicted molar refractivity (Wildman–Crippen MR) is 107 cm³/mol. The van der Waals surface area contributed by atoms with Gasteiger partial charge in [0.1, 0.15) is 11.6 Å². The minimum atomic E-state index is -0.186. The van der Waals surface area contributed by atoms with E-state index in [1.807, 2.05) is 47.1 Å². The summed E-state index contributed by atoms with van der Waals surface area (Å²) in [5.41, 5.74) is 1.67. The number of carbonyl (C=O) groups excluding carboxylic acids is 1. The first kappa shape index (κ1) is 18.9. The van der Waals surface area contributed by atoms with Crippen LogP contribution in [0.3, 0.4) is 0 Å². The number of halogens is 1. The van der Waals surface area contributed by atoms with Crippen molar-refractivity contribution < 1.29 is 9.18 Å². The zero-order valence-corrected chi connectivity index (χ0v) is 16.4. The van der Waals surface area contributed by atoms with Gasteiger partial charge < -0.3 is 9.47 Å². The fourth-order valence-corrected chi connectivity index (χ4v) is 4.18. The summed E-state index contributed by atoms with van der Waals surface area (Å²) in [5.74, 6) is 1.22. The molecule has 0 saturated carbocycles. The maximum Gasteiger partial charge on any atom is 0.226 e. The first-order valence-electron chi connectivity index (χ1n) is 10.0. The van der Waals surface area contributed by atoms with Crippen molar-refractivity contribution in [2.45, 2.75) is 25.8 Å². The molecule has 0 bridgehead atoms. The SMILES string of the molecule is Cn1ccnc1CN1CCC(C(=O)N2CC=C(c3ccccc3F)CC2)CC1. The van der Waals surface area contributed by atoms with Gasteiger partial charge in [0.2, 0.25) is 5.91 Å². The lowest BCUT2D eigenvalue weighted by atomic mass is 9.93. The number of carbonyl (C=O) groups is 1. The van der Waals surface area contributed by atoms with E-state index in [1.54, 1.807) is 6.07 Å². The lowest BCUT2D eigenvalue weighted by Gasteiger charge is -2.35. The van der Waals surface area contributed by atoms with Gasteiger partial charge in [-0.05, 0) is 44.0 Å². The summed E-state index contributed by atoms with van der Waals surface area (Å²) in [7, 11) is 2.01. The maximum absolute atomic E-state index is 14.0. The molecule has 5 nitrogen and oxygen atoms in total. The van der Waals surface area contributed by atoms with Gasteiger partial charge in [-0.15, -0.1) is 0 Å². The van der Waals surface area contributed by atoms with Crippen molar-refractivity contribution in [3.05, 3.63) is 59.9 Å². The second kappa shape index (κ2) is 8.27. The van der Waals surface area contributed by atoms with Crippen LogP contribution in [-0.4, -0.2) is 51.4 Å². The summed E-state index contributed by atoms with van der Waals surface area (Å²) in [6.07, 6.45) is 8.30. The van der Waals surface area contributed by atoms with Gasteiger partial charge in [0, 0.05) is 44.0 Å². The molecule has 4 rings (SSSR count). The zero-order chi connectivity index (χ0) is 19.5. The van der Waals surface area contributed by atoms with Crippen molar-refractivity contribution in [2.75, 3.05) is 26.2 Å². The largest absolute Gasteiger partial charge is 0.338 e. The van der Waals surface area contributed by atoms with Crippen LogP contribution in [0.4, 0.5) is 4.39 Å². The number of hydrogen-bond donors (Lipinski definition) is 0. The third-order valence-electron chi connectivity index (χ3n) is 5.96. The Morgan fingerprint density at radius 3 is 2.64 bits per heavy atom. The van der Waals surface area contributed by atoms with Crippen molar-refractivity contribution in [1.29, 1.82) is 0 Å². The molecule has 148 valence electrons. The summed E-state index contributed by atoms with van der Waals surface area (Å²) in [6, 6.07) is 6.87. The quantitative estimate of drug-likeness (QED) is 0.816. The molecule has 1 aromatic heterocycles. The maximum atomic E-state index is 14.0. The summed E-state index contributed by atoms with van der Waals surface area (Å²) < 4.78 is 16.0. The monoisotopic (exact) mass is 382 g/mol. The van der Waals surface area contributed by atoms with Gasteiger partial charge in [-0.1, -0.05) is 24.3 Å². The van der Waals surface area contributed by atoms with E-state index in [0.29, 0.717) is 25.1 Å². The Hall–Kier alpha value is -2.47. The van der Waals surface area contributed by atoms with Gasteiger partial charge in [-0.2, -0.15) is 0 Å². The van der Waals surface area contributed by atoms with E-state index in [4.69, 9.17) is 0 Å². The molecular weight excluding hydrogens is 355 g/mol. The molecule has 0 N–H and O–H groups in total. The molecule has 0 aliphatic carbocycles. The number of hydrogen-bond acceptors (Lipinski definition) is 3. The lowest BCUT2D eigenvalue weighted by molar-refractivity contribution is -0.136. The molecule has 1 aromatic carbocycles. The first-order valence-corrected chi connectivity index (χ1v) is 10.0. The molecule has 1 amide bonds. The summed E-state index contributed by atoms with van der Waals surface area (Å²) in [4.78, 5) is 21.6. The fourth-order valence-electron chi connectivity index (χ4n) is 4.18. The van der Waals surface area contributed by atoms with E-state index in [1.165, 1.54) is 6.07 Å². The second-order valence-corrected chi connectivity index (χ2v) is 7.75. The van der Waals surface area contributed by atoms with Gasteiger partial charge in [0.15, 0.2) is 0 Å². The molecule has 2 aromatic rings. The zero-order valence-electron chi connectivity index (χ0n) is 16.4. The highest BCUT2D eigenvalue weighted by molar-refractivity contribution is 5.80. The highest BCUT2D eigenvalue weighted by Gasteiger charge is 2.29. The fraction of sp³-hybridized carbons (Fsp3) is 0.455. The molecule has 2 aliphatic rings. The average Bonchev–Trinajstić information content (AvgIpc) is 3.13. The number of aryl methyl sites for hydroxylation is 1. The number of rotatable bonds is 4. The number of aromatic nitrogens is 2. The number of imidazole rings is 1. The first-order chi connectivity index (χ1) is 13.6. The number of amides is 1. The standard InChI is InChI=1S/C22H27FN4O/c1-25-15-10-24-21(25)16-26-11-6-18(7-12-26)22(28)27-13-8-17(9-14-27)19-4-2-3-5-20(19)23/h2-5,8,10,15,18H,6-7,9,11-14,16H2,1H3. The Morgan fingerprint density at radius 1 is 1.21 bits per heavy atom.